The van der Waals surface area contributed by atoms with Gasteiger partial charge in [-0.15, -0.1) is 0 Å². The minimum atomic E-state index is 0.152. The summed E-state index contributed by atoms with van der Waals surface area (Å²) in [7, 11) is 1.67. The fourth-order valence-electron chi connectivity index (χ4n) is 2.53. The van der Waals surface area contributed by atoms with Crippen LogP contribution in [0.2, 0.25) is 0 Å². The molecular formula is C17H28N4O2. The number of rotatable bonds is 7. The fourth-order valence-corrected chi connectivity index (χ4v) is 2.53. The fraction of sp³-hybridized carbons (Fsp3) is 0.588. The molecule has 1 fully saturated rings. The van der Waals surface area contributed by atoms with E-state index < -0.39 is 0 Å². The summed E-state index contributed by atoms with van der Waals surface area (Å²) in [5.41, 5.74) is 8.34. The first kappa shape index (κ1) is 17.7. The van der Waals surface area contributed by atoms with Crippen molar-refractivity contribution in [1.29, 1.82) is 0 Å². The van der Waals surface area contributed by atoms with Crippen LogP contribution in [-0.4, -0.2) is 56.9 Å². The zero-order chi connectivity index (χ0) is 16.5. The van der Waals surface area contributed by atoms with Gasteiger partial charge in [-0.2, -0.15) is 0 Å². The lowest BCUT2D eigenvalue weighted by atomic mass is 10.1. The van der Waals surface area contributed by atoms with E-state index in [-0.39, 0.29) is 6.04 Å². The number of guanidine groups is 1. The number of morpholine rings is 1. The zero-order valence-electron chi connectivity index (χ0n) is 14.1. The van der Waals surface area contributed by atoms with Crippen molar-refractivity contribution in [3.63, 3.8) is 0 Å². The van der Waals surface area contributed by atoms with Gasteiger partial charge in [-0.25, -0.2) is 4.99 Å². The molecule has 0 aromatic heterocycles. The van der Waals surface area contributed by atoms with Gasteiger partial charge in [0.05, 0.1) is 26.4 Å². The molecule has 1 atom stereocenters. The number of hydrogen-bond donors (Lipinski definition) is 2. The SMILES string of the molecule is COCC(C)NC(N)=NCc1ccc(CN2CCOCC2)cc1. The normalized spacial score (nSPS) is 17.9. The van der Waals surface area contributed by atoms with E-state index in [1.54, 1.807) is 7.11 Å². The Morgan fingerprint density at radius 1 is 1.30 bits per heavy atom. The highest BCUT2D eigenvalue weighted by Gasteiger charge is 2.10. The van der Waals surface area contributed by atoms with Crippen molar-refractivity contribution in [2.24, 2.45) is 10.7 Å². The molecule has 1 aliphatic heterocycles. The Labute approximate surface area is 138 Å². The van der Waals surface area contributed by atoms with Crippen LogP contribution < -0.4 is 11.1 Å². The van der Waals surface area contributed by atoms with E-state index in [0.29, 0.717) is 19.1 Å². The maximum absolute atomic E-state index is 5.87. The summed E-state index contributed by atoms with van der Waals surface area (Å²) in [6.07, 6.45) is 0. The van der Waals surface area contributed by atoms with Gasteiger partial charge in [0.1, 0.15) is 0 Å². The van der Waals surface area contributed by atoms with Crippen molar-refractivity contribution in [1.82, 2.24) is 10.2 Å². The molecule has 23 heavy (non-hydrogen) atoms. The van der Waals surface area contributed by atoms with Gasteiger partial charge in [0.25, 0.3) is 0 Å². The smallest absolute Gasteiger partial charge is 0.189 e. The van der Waals surface area contributed by atoms with E-state index in [1.165, 1.54) is 5.56 Å². The third kappa shape index (κ3) is 6.56. The van der Waals surface area contributed by atoms with Crippen molar-refractivity contribution in [2.45, 2.75) is 26.1 Å². The molecule has 0 saturated carbocycles. The molecule has 0 spiro atoms. The Bertz CT molecular complexity index is 484. The van der Waals surface area contributed by atoms with E-state index in [2.05, 4.69) is 39.5 Å². The van der Waals surface area contributed by atoms with Crippen molar-refractivity contribution in [3.05, 3.63) is 35.4 Å². The quantitative estimate of drug-likeness (QED) is 0.578. The van der Waals surface area contributed by atoms with Crippen LogP contribution in [0.3, 0.4) is 0 Å². The number of nitrogens with zero attached hydrogens (tertiary/aromatic N) is 2. The summed E-state index contributed by atoms with van der Waals surface area (Å²) >= 11 is 0. The second-order valence-electron chi connectivity index (χ2n) is 5.91. The van der Waals surface area contributed by atoms with Crippen LogP contribution in [0, 0.1) is 0 Å². The number of nitrogens with two attached hydrogens (primary N) is 1. The second kappa shape index (κ2) is 9.50. The number of ether oxygens (including phenoxy) is 2. The van der Waals surface area contributed by atoms with E-state index in [1.807, 2.05) is 6.92 Å². The highest BCUT2D eigenvalue weighted by molar-refractivity contribution is 5.78. The van der Waals surface area contributed by atoms with Gasteiger partial charge in [0.2, 0.25) is 0 Å². The van der Waals surface area contributed by atoms with Crippen molar-refractivity contribution >= 4 is 5.96 Å². The van der Waals surface area contributed by atoms with Crippen LogP contribution in [0.5, 0.6) is 0 Å². The van der Waals surface area contributed by atoms with Crippen LogP contribution in [0.25, 0.3) is 0 Å². The summed E-state index contributed by atoms with van der Waals surface area (Å²) in [5, 5.41) is 3.10. The molecular weight excluding hydrogens is 292 g/mol. The highest BCUT2D eigenvalue weighted by atomic mass is 16.5. The average Bonchev–Trinajstić information content (AvgIpc) is 2.55. The van der Waals surface area contributed by atoms with Gasteiger partial charge < -0.3 is 20.5 Å². The van der Waals surface area contributed by atoms with Crippen molar-refractivity contribution in [3.8, 4) is 0 Å². The predicted octanol–water partition coefficient (Wildman–Crippen LogP) is 0.958. The van der Waals surface area contributed by atoms with E-state index in [4.69, 9.17) is 15.2 Å². The van der Waals surface area contributed by atoms with Crippen LogP contribution in [0.4, 0.5) is 0 Å². The van der Waals surface area contributed by atoms with Crippen molar-refractivity contribution in [2.75, 3.05) is 40.0 Å². The third-order valence-corrected chi connectivity index (χ3v) is 3.78. The summed E-state index contributed by atoms with van der Waals surface area (Å²) in [6.45, 7) is 7.85. The minimum absolute atomic E-state index is 0.152. The van der Waals surface area contributed by atoms with Gasteiger partial charge >= 0.3 is 0 Å². The van der Waals surface area contributed by atoms with Gasteiger partial charge in [0.15, 0.2) is 5.96 Å². The largest absolute Gasteiger partial charge is 0.383 e. The average molecular weight is 320 g/mol. The molecule has 1 aromatic rings. The molecule has 1 aromatic carbocycles. The molecule has 6 heteroatoms. The molecule has 6 nitrogen and oxygen atoms in total. The molecule has 0 bridgehead atoms. The predicted molar refractivity (Wildman–Crippen MR) is 92.3 cm³/mol. The molecule has 0 aliphatic carbocycles. The number of nitrogens with one attached hydrogen (secondary N) is 1. The van der Waals surface area contributed by atoms with Crippen LogP contribution in [0.15, 0.2) is 29.3 Å². The lowest BCUT2D eigenvalue weighted by Crippen LogP contribution is -2.40. The third-order valence-electron chi connectivity index (χ3n) is 3.78. The number of benzene rings is 1. The molecule has 1 saturated heterocycles. The number of hydrogen-bond acceptors (Lipinski definition) is 4. The maximum atomic E-state index is 5.87. The first-order chi connectivity index (χ1) is 11.2. The summed E-state index contributed by atoms with van der Waals surface area (Å²) in [4.78, 5) is 6.78. The Kier molecular flexibility index (Phi) is 7.32. The Morgan fingerprint density at radius 2 is 1.96 bits per heavy atom. The summed E-state index contributed by atoms with van der Waals surface area (Å²) in [6, 6.07) is 8.71. The molecule has 3 N–H and O–H groups in total. The first-order valence-corrected chi connectivity index (χ1v) is 8.10. The lowest BCUT2D eigenvalue weighted by molar-refractivity contribution is 0.0342. The Balaban J connectivity index is 1.79. The molecule has 2 rings (SSSR count). The van der Waals surface area contributed by atoms with E-state index >= 15 is 0 Å². The topological polar surface area (TPSA) is 72.1 Å². The molecule has 1 heterocycles. The van der Waals surface area contributed by atoms with Gasteiger partial charge in [0, 0.05) is 32.8 Å². The van der Waals surface area contributed by atoms with Gasteiger partial charge in [-0.1, -0.05) is 24.3 Å². The maximum Gasteiger partial charge on any atom is 0.189 e. The first-order valence-electron chi connectivity index (χ1n) is 8.10. The number of aliphatic imine (C=N–C) groups is 1. The van der Waals surface area contributed by atoms with Crippen molar-refractivity contribution < 1.29 is 9.47 Å². The zero-order valence-corrected chi connectivity index (χ0v) is 14.1. The monoisotopic (exact) mass is 320 g/mol. The lowest BCUT2D eigenvalue weighted by Gasteiger charge is -2.26. The Morgan fingerprint density at radius 3 is 2.61 bits per heavy atom. The number of methoxy groups -OCH3 is 1. The highest BCUT2D eigenvalue weighted by Crippen LogP contribution is 2.10. The molecule has 0 radical (unpaired) electrons. The van der Waals surface area contributed by atoms with E-state index in [9.17, 15) is 0 Å². The minimum Gasteiger partial charge on any atom is -0.383 e. The molecule has 1 unspecified atom stereocenters. The summed E-state index contributed by atoms with van der Waals surface area (Å²) in [5.74, 6) is 0.451. The van der Waals surface area contributed by atoms with Gasteiger partial charge in [-0.3, -0.25) is 4.90 Å². The molecule has 0 amide bonds. The van der Waals surface area contributed by atoms with Gasteiger partial charge in [-0.05, 0) is 18.1 Å². The van der Waals surface area contributed by atoms with Crippen LogP contribution in [0.1, 0.15) is 18.1 Å². The van der Waals surface area contributed by atoms with E-state index in [0.717, 1.165) is 38.4 Å². The van der Waals surface area contributed by atoms with Crippen LogP contribution in [-0.2, 0) is 22.6 Å². The standard InChI is InChI=1S/C17H28N4O2/c1-14(13-22-2)20-17(18)19-11-15-3-5-16(6-4-15)12-21-7-9-23-10-8-21/h3-6,14H,7-13H2,1-2H3,(H3,18,19,20). The Hall–Kier alpha value is -1.63. The van der Waals surface area contributed by atoms with Crippen LogP contribution >= 0.6 is 0 Å². The summed E-state index contributed by atoms with van der Waals surface area (Å²) < 4.78 is 10.4. The molecule has 1 aliphatic rings. The molecule has 128 valence electrons. The second-order valence-corrected chi connectivity index (χ2v) is 5.91.